The maximum atomic E-state index is 11.8. The highest BCUT2D eigenvalue weighted by molar-refractivity contribution is 5.85. The van der Waals surface area contributed by atoms with E-state index in [0.717, 1.165) is 12.8 Å². The molecule has 4 nitrogen and oxygen atoms in total. The first-order chi connectivity index (χ1) is 6.18. The number of aliphatic hydroxyl groups is 1. The van der Waals surface area contributed by atoms with Crippen LogP contribution in [0.2, 0.25) is 0 Å². The summed E-state index contributed by atoms with van der Waals surface area (Å²) in [5.41, 5.74) is 5.32. The second-order valence-electron chi connectivity index (χ2n) is 4.18. The lowest BCUT2D eigenvalue weighted by Gasteiger charge is -2.21. The molecule has 0 aromatic heterocycles. The molecule has 2 rings (SSSR count). The van der Waals surface area contributed by atoms with Crippen LogP contribution in [-0.2, 0) is 4.79 Å². The average Bonchev–Trinajstić information content (AvgIpc) is 2.82. The van der Waals surface area contributed by atoms with Crippen molar-refractivity contribution in [1.82, 2.24) is 4.90 Å². The number of likely N-dealkylation sites (tertiary alicyclic amines) is 1. The fraction of sp³-hybridized carbons (Fsp3) is 0.889. The van der Waals surface area contributed by atoms with Gasteiger partial charge in [-0.2, -0.15) is 0 Å². The molecular weight excluding hydrogens is 168 g/mol. The fourth-order valence-corrected chi connectivity index (χ4v) is 1.92. The molecule has 2 fully saturated rings. The number of aliphatic hydroxyl groups excluding tert-OH is 1. The van der Waals surface area contributed by atoms with Gasteiger partial charge in [0.1, 0.15) is 0 Å². The molecule has 1 heterocycles. The van der Waals surface area contributed by atoms with Crippen molar-refractivity contribution in [2.75, 3.05) is 19.6 Å². The molecule has 4 heteroatoms. The van der Waals surface area contributed by atoms with Crippen molar-refractivity contribution in [2.45, 2.75) is 25.4 Å². The maximum absolute atomic E-state index is 11.8. The summed E-state index contributed by atoms with van der Waals surface area (Å²) in [4.78, 5) is 13.6. The van der Waals surface area contributed by atoms with E-state index in [1.807, 2.05) is 0 Å². The number of rotatable bonds is 2. The summed E-state index contributed by atoms with van der Waals surface area (Å²) in [7, 11) is 0. The Morgan fingerprint density at radius 2 is 2.31 bits per heavy atom. The van der Waals surface area contributed by atoms with Crippen LogP contribution >= 0.6 is 0 Å². The molecule has 13 heavy (non-hydrogen) atoms. The monoisotopic (exact) mass is 184 g/mol. The Hall–Kier alpha value is -0.610. The Bertz CT molecular complexity index is 226. The smallest absolute Gasteiger partial charge is 0.230 e. The number of nitrogens with two attached hydrogens (primary N) is 1. The Labute approximate surface area is 77.7 Å². The summed E-state index contributed by atoms with van der Waals surface area (Å²) in [5.74, 6) is 0.159. The van der Waals surface area contributed by atoms with Crippen LogP contribution in [0.25, 0.3) is 0 Å². The quantitative estimate of drug-likeness (QED) is 0.597. The highest BCUT2D eigenvalue weighted by Crippen LogP contribution is 2.46. The second kappa shape index (κ2) is 2.96. The normalized spacial score (nSPS) is 30.6. The number of carbonyl (C=O) groups is 1. The predicted molar refractivity (Wildman–Crippen MR) is 47.9 cm³/mol. The predicted octanol–water partition coefficient (Wildman–Crippen LogP) is -0.681. The van der Waals surface area contributed by atoms with Crippen molar-refractivity contribution < 1.29 is 9.90 Å². The number of β-amino-alcohol motifs (C(OH)–C–C–N with tert-alkyl or cyclic N) is 1. The third-order valence-electron chi connectivity index (χ3n) is 3.15. The summed E-state index contributed by atoms with van der Waals surface area (Å²) in [5, 5.41) is 9.28. The van der Waals surface area contributed by atoms with Gasteiger partial charge in [0.25, 0.3) is 0 Å². The van der Waals surface area contributed by atoms with Gasteiger partial charge in [-0.15, -0.1) is 0 Å². The van der Waals surface area contributed by atoms with E-state index in [4.69, 9.17) is 5.73 Å². The first kappa shape index (κ1) is 8.97. The van der Waals surface area contributed by atoms with Gasteiger partial charge in [0.05, 0.1) is 11.5 Å². The Morgan fingerprint density at radius 3 is 2.69 bits per heavy atom. The van der Waals surface area contributed by atoms with Gasteiger partial charge in [-0.25, -0.2) is 0 Å². The van der Waals surface area contributed by atoms with Gasteiger partial charge in [-0.3, -0.25) is 4.79 Å². The fourth-order valence-electron chi connectivity index (χ4n) is 1.92. The minimum Gasteiger partial charge on any atom is -0.391 e. The lowest BCUT2D eigenvalue weighted by Crippen LogP contribution is -2.39. The molecule has 1 aliphatic heterocycles. The molecular formula is C9H16N2O2. The van der Waals surface area contributed by atoms with Gasteiger partial charge >= 0.3 is 0 Å². The molecule has 0 unspecified atom stereocenters. The number of hydrogen-bond acceptors (Lipinski definition) is 3. The molecule has 0 bridgehead atoms. The van der Waals surface area contributed by atoms with Gasteiger partial charge in [0, 0.05) is 19.6 Å². The number of nitrogens with zero attached hydrogens (tertiary/aromatic N) is 1. The van der Waals surface area contributed by atoms with Crippen molar-refractivity contribution in [3.8, 4) is 0 Å². The van der Waals surface area contributed by atoms with Crippen LogP contribution < -0.4 is 5.73 Å². The second-order valence-corrected chi connectivity index (χ2v) is 4.18. The first-order valence-corrected chi connectivity index (χ1v) is 4.85. The van der Waals surface area contributed by atoms with Crippen LogP contribution in [0.15, 0.2) is 0 Å². The summed E-state index contributed by atoms with van der Waals surface area (Å²) < 4.78 is 0. The molecule has 0 aromatic rings. The van der Waals surface area contributed by atoms with E-state index in [1.165, 1.54) is 0 Å². The lowest BCUT2D eigenvalue weighted by atomic mass is 10.1. The lowest BCUT2D eigenvalue weighted by molar-refractivity contribution is -0.135. The van der Waals surface area contributed by atoms with Crippen molar-refractivity contribution >= 4 is 5.91 Å². The zero-order valence-corrected chi connectivity index (χ0v) is 7.70. The maximum Gasteiger partial charge on any atom is 0.230 e. The van der Waals surface area contributed by atoms with Crippen molar-refractivity contribution in [3.05, 3.63) is 0 Å². The van der Waals surface area contributed by atoms with Gasteiger partial charge in [0.2, 0.25) is 5.91 Å². The van der Waals surface area contributed by atoms with E-state index >= 15 is 0 Å². The molecule has 0 radical (unpaired) electrons. The Morgan fingerprint density at radius 1 is 1.62 bits per heavy atom. The van der Waals surface area contributed by atoms with E-state index in [1.54, 1.807) is 4.90 Å². The van der Waals surface area contributed by atoms with E-state index in [2.05, 4.69) is 0 Å². The van der Waals surface area contributed by atoms with Crippen LogP contribution in [0.4, 0.5) is 0 Å². The van der Waals surface area contributed by atoms with Crippen LogP contribution in [0.3, 0.4) is 0 Å². The standard InChI is InChI=1S/C9H16N2O2/c10-6-9(2-3-9)8(13)11-4-1-7(12)5-11/h7,12H,1-6,10H2/t7-/m1/s1. The minimum absolute atomic E-state index is 0.159. The van der Waals surface area contributed by atoms with E-state index in [0.29, 0.717) is 26.1 Å². The van der Waals surface area contributed by atoms with Gasteiger partial charge in [-0.1, -0.05) is 0 Å². The number of hydrogen-bond donors (Lipinski definition) is 2. The molecule has 1 saturated carbocycles. The summed E-state index contributed by atoms with van der Waals surface area (Å²) in [6.45, 7) is 1.65. The summed E-state index contributed by atoms with van der Waals surface area (Å²) in [6.07, 6.45) is 2.24. The molecule has 1 amide bonds. The first-order valence-electron chi connectivity index (χ1n) is 4.85. The van der Waals surface area contributed by atoms with E-state index < -0.39 is 0 Å². The third kappa shape index (κ3) is 1.44. The minimum atomic E-state index is -0.322. The highest BCUT2D eigenvalue weighted by Gasteiger charge is 2.51. The molecule has 1 saturated heterocycles. The zero-order chi connectivity index (χ0) is 9.47. The SMILES string of the molecule is NCC1(C(=O)N2CC[C@@H](O)C2)CC1. The zero-order valence-electron chi connectivity index (χ0n) is 7.70. The molecule has 1 aliphatic carbocycles. The molecule has 74 valence electrons. The van der Waals surface area contributed by atoms with Crippen LogP contribution in [0.5, 0.6) is 0 Å². The average molecular weight is 184 g/mol. The molecule has 1 atom stereocenters. The van der Waals surface area contributed by atoms with E-state index in [9.17, 15) is 9.90 Å². The third-order valence-corrected chi connectivity index (χ3v) is 3.15. The van der Waals surface area contributed by atoms with Crippen LogP contribution in [0, 0.1) is 5.41 Å². The highest BCUT2D eigenvalue weighted by atomic mass is 16.3. The molecule has 3 N–H and O–H groups in total. The van der Waals surface area contributed by atoms with Gasteiger partial charge < -0.3 is 15.7 Å². The number of carbonyl (C=O) groups excluding carboxylic acids is 1. The van der Waals surface area contributed by atoms with Crippen molar-refractivity contribution in [1.29, 1.82) is 0 Å². The molecule has 0 spiro atoms. The molecule has 2 aliphatic rings. The largest absolute Gasteiger partial charge is 0.391 e. The molecule has 0 aromatic carbocycles. The Kier molecular flexibility index (Phi) is 2.04. The number of amides is 1. The van der Waals surface area contributed by atoms with E-state index in [-0.39, 0.29) is 17.4 Å². The Balaban J connectivity index is 1.98. The van der Waals surface area contributed by atoms with Gasteiger partial charge in [0.15, 0.2) is 0 Å². The van der Waals surface area contributed by atoms with Crippen LogP contribution in [-0.4, -0.2) is 41.7 Å². The topological polar surface area (TPSA) is 66.6 Å². The van der Waals surface area contributed by atoms with Crippen molar-refractivity contribution in [2.24, 2.45) is 11.1 Å². The van der Waals surface area contributed by atoms with Crippen LogP contribution in [0.1, 0.15) is 19.3 Å². The summed E-state index contributed by atoms with van der Waals surface area (Å²) >= 11 is 0. The van der Waals surface area contributed by atoms with Gasteiger partial charge in [-0.05, 0) is 19.3 Å². The summed E-state index contributed by atoms with van der Waals surface area (Å²) in [6, 6.07) is 0. The van der Waals surface area contributed by atoms with Crippen molar-refractivity contribution in [3.63, 3.8) is 0 Å².